The molecule has 1 aliphatic heterocycles. The van der Waals surface area contributed by atoms with Crippen LogP contribution in [-0.2, 0) is 21.2 Å². The van der Waals surface area contributed by atoms with E-state index in [4.69, 9.17) is 16.3 Å². The number of benzene rings is 3. The summed E-state index contributed by atoms with van der Waals surface area (Å²) in [6.45, 7) is 10.6. The molecule has 3 aromatic rings. The van der Waals surface area contributed by atoms with Gasteiger partial charge in [-0.1, -0.05) is 48.0 Å². The lowest BCUT2D eigenvalue weighted by molar-refractivity contribution is 0.0528. The van der Waals surface area contributed by atoms with E-state index < -0.39 is 27.0 Å². The van der Waals surface area contributed by atoms with Crippen molar-refractivity contribution in [1.29, 1.82) is 0 Å². The highest BCUT2D eigenvalue weighted by Crippen LogP contribution is 2.31. The van der Waals surface area contributed by atoms with Gasteiger partial charge in [-0.2, -0.15) is 4.31 Å². The quantitative estimate of drug-likeness (QED) is 0.342. The smallest absolute Gasteiger partial charge is 0.407 e. The van der Waals surface area contributed by atoms with Gasteiger partial charge in [0.25, 0.3) is 5.91 Å². The lowest BCUT2D eigenvalue weighted by Crippen LogP contribution is -2.51. The summed E-state index contributed by atoms with van der Waals surface area (Å²) in [6.07, 6.45) is 1.58. The van der Waals surface area contributed by atoms with Crippen molar-refractivity contribution in [3.05, 3.63) is 95.0 Å². The van der Waals surface area contributed by atoms with Crippen molar-refractivity contribution in [2.24, 2.45) is 0 Å². The molecule has 8 nitrogen and oxygen atoms in total. The Bertz CT molecular complexity index is 1530. The fourth-order valence-electron chi connectivity index (χ4n) is 4.77. The first kappa shape index (κ1) is 30.6. The molecular weight excluding hydrogens is 562 g/mol. The maximum absolute atomic E-state index is 13.6. The highest BCUT2D eigenvalue weighted by atomic mass is 35.5. The number of ether oxygens (including phenoxy) is 1. The van der Waals surface area contributed by atoms with E-state index in [2.05, 4.69) is 11.9 Å². The Hall–Kier alpha value is -3.40. The molecule has 41 heavy (non-hydrogen) atoms. The minimum atomic E-state index is -3.74. The van der Waals surface area contributed by atoms with Crippen LogP contribution in [0.4, 0.5) is 4.79 Å². The number of rotatable bonds is 8. The van der Waals surface area contributed by atoms with Gasteiger partial charge in [0.15, 0.2) is 0 Å². The van der Waals surface area contributed by atoms with E-state index in [1.165, 1.54) is 10.4 Å². The zero-order chi connectivity index (χ0) is 29.8. The van der Waals surface area contributed by atoms with E-state index >= 15 is 0 Å². The average Bonchev–Trinajstić information content (AvgIpc) is 2.92. The highest BCUT2D eigenvalue weighted by Gasteiger charge is 2.34. The zero-order valence-corrected chi connectivity index (χ0v) is 25.2. The Morgan fingerprint density at radius 2 is 1.63 bits per heavy atom. The third kappa shape index (κ3) is 7.67. The maximum atomic E-state index is 13.6. The van der Waals surface area contributed by atoms with Crippen LogP contribution in [0, 0.1) is 0 Å². The third-order valence-electron chi connectivity index (χ3n) is 6.86. The second-order valence-corrected chi connectivity index (χ2v) is 13.5. The van der Waals surface area contributed by atoms with E-state index in [-0.39, 0.29) is 19.0 Å². The molecule has 1 unspecified atom stereocenters. The summed E-state index contributed by atoms with van der Waals surface area (Å²) >= 11 is 6.08. The molecule has 0 saturated carbocycles. The van der Waals surface area contributed by atoms with Crippen molar-refractivity contribution in [3.8, 4) is 0 Å². The number of nitrogens with zero attached hydrogens (tertiary/aromatic N) is 2. The standard InChI is InChI=1S/C31H36ClN3O5S/c1-5-28(26-11-10-25-21-27(32)13-12-24(25)20-26)41(38,39)35-18-16-34(17-19-35)29(36)23-8-6-22(7-9-23)14-15-33-30(37)40-31(2,3)4/h5-13,20-21,28H,1,14-19H2,2-4H3,(H,33,37). The maximum Gasteiger partial charge on any atom is 0.407 e. The summed E-state index contributed by atoms with van der Waals surface area (Å²) in [5.41, 5.74) is 1.59. The van der Waals surface area contributed by atoms with Crippen molar-refractivity contribution < 1.29 is 22.7 Å². The molecule has 10 heteroatoms. The molecule has 1 aliphatic rings. The van der Waals surface area contributed by atoms with E-state index in [0.29, 0.717) is 42.2 Å². The van der Waals surface area contributed by atoms with Gasteiger partial charge in [-0.25, -0.2) is 13.2 Å². The van der Waals surface area contributed by atoms with Gasteiger partial charge in [0, 0.05) is 43.3 Å². The minimum Gasteiger partial charge on any atom is -0.444 e. The molecule has 3 aromatic carbocycles. The number of hydrogen-bond donors (Lipinski definition) is 1. The first-order valence-electron chi connectivity index (χ1n) is 13.5. The van der Waals surface area contributed by atoms with Crippen molar-refractivity contribution in [3.63, 3.8) is 0 Å². The molecule has 0 aromatic heterocycles. The molecule has 1 fully saturated rings. The average molecular weight is 598 g/mol. The monoisotopic (exact) mass is 597 g/mol. The summed E-state index contributed by atoms with van der Waals surface area (Å²) in [6, 6.07) is 18.2. The summed E-state index contributed by atoms with van der Waals surface area (Å²) in [5.74, 6) is -0.145. The Morgan fingerprint density at radius 3 is 2.27 bits per heavy atom. The summed E-state index contributed by atoms with van der Waals surface area (Å²) in [4.78, 5) is 26.6. The predicted octanol–water partition coefficient (Wildman–Crippen LogP) is 5.58. The molecule has 0 radical (unpaired) electrons. The van der Waals surface area contributed by atoms with Gasteiger partial charge in [0.1, 0.15) is 10.9 Å². The van der Waals surface area contributed by atoms with E-state index in [1.807, 2.05) is 57.2 Å². The lowest BCUT2D eigenvalue weighted by Gasteiger charge is -2.35. The van der Waals surface area contributed by atoms with Gasteiger partial charge in [0.05, 0.1) is 0 Å². The first-order chi connectivity index (χ1) is 19.4. The topological polar surface area (TPSA) is 96.0 Å². The van der Waals surface area contributed by atoms with Crippen LogP contribution in [0.15, 0.2) is 73.3 Å². The molecule has 1 heterocycles. The fourth-order valence-corrected chi connectivity index (χ4v) is 6.68. The number of carbonyl (C=O) groups excluding carboxylic acids is 2. The number of alkyl carbamates (subject to hydrolysis) is 1. The van der Waals surface area contributed by atoms with Crippen LogP contribution in [-0.4, -0.2) is 67.9 Å². The number of halogens is 1. The second kappa shape index (κ2) is 12.6. The third-order valence-corrected chi connectivity index (χ3v) is 9.28. The van der Waals surface area contributed by atoms with Gasteiger partial charge >= 0.3 is 6.09 Å². The highest BCUT2D eigenvalue weighted by molar-refractivity contribution is 7.89. The van der Waals surface area contributed by atoms with Crippen LogP contribution < -0.4 is 5.32 Å². The molecule has 1 saturated heterocycles. The minimum absolute atomic E-state index is 0.145. The van der Waals surface area contributed by atoms with Crippen molar-refractivity contribution in [1.82, 2.24) is 14.5 Å². The predicted molar refractivity (Wildman–Crippen MR) is 163 cm³/mol. The number of nitrogens with one attached hydrogen (secondary N) is 1. The number of carbonyl (C=O) groups is 2. The normalized spacial score (nSPS) is 15.4. The molecule has 218 valence electrons. The largest absolute Gasteiger partial charge is 0.444 e. The molecule has 0 bridgehead atoms. The molecule has 0 spiro atoms. The van der Waals surface area contributed by atoms with Crippen LogP contribution in [0.2, 0.25) is 5.02 Å². The van der Waals surface area contributed by atoms with Gasteiger partial charge in [-0.05, 0) is 79.4 Å². The number of hydrogen-bond acceptors (Lipinski definition) is 5. The number of piperazine rings is 1. The van der Waals surface area contributed by atoms with E-state index in [0.717, 1.165) is 16.3 Å². The van der Waals surface area contributed by atoms with E-state index in [9.17, 15) is 18.0 Å². The van der Waals surface area contributed by atoms with Crippen LogP contribution >= 0.6 is 11.6 Å². The Balaban J connectivity index is 1.33. The van der Waals surface area contributed by atoms with Crippen LogP contribution in [0.25, 0.3) is 10.8 Å². The molecular formula is C31H36ClN3O5S. The molecule has 1 atom stereocenters. The van der Waals surface area contributed by atoms with Crippen LogP contribution in [0.1, 0.15) is 47.5 Å². The van der Waals surface area contributed by atoms with Crippen LogP contribution in [0.5, 0.6) is 0 Å². The van der Waals surface area contributed by atoms with E-state index in [1.54, 1.807) is 29.2 Å². The molecule has 1 N–H and O–H groups in total. The number of sulfonamides is 1. The second-order valence-electron chi connectivity index (χ2n) is 11.0. The fraction of sp³-hybridized carbons (Fsp3) is 0.355. The summed E-state index contributed by atoms with van der Waals surface area (Å²) < 4.78 is 33.8. The van der Waals surface area contributed by atoms with Crippen molar-refractivity contribution in [2.45, 2.75) is 38.0 Å². The van der Waals surface area contributed by atoms with Gasteiger partial charge < -0.3 is 15.0 Å². The Morgan fingerprint density at radius 1 is 1.00 bits per heavy atom. The SMILES string of the molecule is C=CC(c1ccc2cc(Cl)ccc2c1)S(=O)(=O)N1CCN(C(=O)c2ccc(CCNC(=O)OC(C)(C)C)cc2)CC1. The van der Waals surface area contributed by atoms with Crippen LogP contribution in [0.3, 0.4) is 0 Å². The zero-order valence-electron chi connectivity index (χ0n) is 23.6. The molecule has 0 aliphatic carbocycles. The van der Waals surface area contributed by atoms with Gasteiger partial charge in [0.2, 0.25) is 10.0 Å². The summed E-state index contributed by atoms with van der Waals surface area (Å²) in [5, 5.41) is 4.27. The first-order valence-corrected chi connectivity index (χ1v) is 15.4. The summed E-state index contributed by atoms with van der Waals surface area (Å²) in [7, 11) is -3.74. The Kier molecular flexibility index (Phi) is 9.41. The lowest BCUT2D eigenvalue weighted by atomic mass is 10.0. The number of fused-ring (bicyclic) bond motifs is 1. The Labute approximate surface area is 247 Å². The van der Waals surface area contributed by atoms with Gasteiger partial charge in [-0.3, -0.25) is 4.79 Å². The molecule has 4 rings (SSSR count). The van der Waals surface area contributed by atoms with Crippen molar-refractivity contribution >= 4 is 44.4 Å². The number of amides is 2. The molecule has 2 amide bonds. The van der Waals surface area contributed by atoms with Crippen molar-refractivity contribution in [2.75, 3.05) is 32.7 Å². The van der Waals surface area contributed by atoms with Gasteiger partial charge in [-0.15, -0.1) is 6.58 Å².